The molecule has 2 aromatic carbocycles. The molecule has 3 heterocycles. The number of hydrogen-bond donors (Lipinski definition) is 2. The lowest BCUT2D eigenvalue weighted by Gasteiger charge is -2.40. The van der Waals surface area contributed by atoms with Gasteiger partial charge in [0.05, 0.1) is 19.9 Å². The van der Waals surface area contributed by atoms with Crippen LogP contribution in [0.15, 0.2) is 47.6 Å². The van der Waals surface area contributed by atoms with Gasteiger partial charge in [0.15, 0.2) is 11.5 Å². The molecule has 0 saturated carbocycles. The number of phenolic OH excluding ortho intramolecular Hbond substituents is 1. The third kappa shape index (κ3) is 2.88. The van der Waals surface area contributed by atoms with E-state index in [2.05, 4.69) is 10.1 Å². The zero-order chi connectivity index (χ0) is 20.8. The molecule has 30 heavy (non-hydrogen) atoms. The minimum Gasteiger partial charge on any atom is -0.504 e. The van der Waals surface area contributed by atoms with Crippen molar-refractivity contribution in [3.63, 3.8) is 0 Å². The second kappa shape index (κ2) is 6.91. The number of amides is 2. The number of nitrogens with one attached hydrogen (secondary N) is 1. The van der Waals surface area contributed by atoms with Crippen molar-refractivity contribution in [3.8, 4) is 11.5 Å². The molecule has 2 aliphatic heterocycles. The van der Waals surface area contributed by atoms with Gasteiger partial charge in [-0.25, -0.2) is 5.01 Å². The smallest absolute Gasteiger partial charge is 0.266 e. The zero-order valence-electron chi connectivity index (χ0n) is 16.3. The fourth-order valence-electron chi connectivity index (χ4n) is 4.17. The van der Waals surface area contributed by atoms with Crippen LogP contribution in [0.1, 0.15) is 16.8 Å². The highest BCUT2D eigenvalue weighted by molar-refractivity contribution is 5.97. The highest BCUT2D eigenvalue weighted by atomic mass is 16.5. The number of fused-ring (bicyclic) bond motifs is 4. The van der Waals surface area contributed by atoms with Gasteiger partial charge in [-0.1, -0.05) is 18.2 Å². The highest BCUT2D eigenvalue weighted by Gasteiger charge is 2.43. The fraction of sp³-hybridized carbons (Fsp3) is 0.227. The quantitative estimate of drug-likeness (QED) is 0.653. The summed E-state index contributed by atoms with van der Waals surface area (Å²) in [7, 11) is 1.46. The molecule has 1 fully saturated rings. The first-order valence-electron chi connectivity index (χ1n) is 9.65. The van der Waals surface area contributed by atoms with E-state index in [4.69, 9.17) is 4.74 Å². The van der Waals surface area contributed by atoms with Gasteiger partial charge in [0.25, 0.3) is 5.91 Å². The second-order valence-corrected chi connectivity index (χ2v) is 7.44. The van der Waals surface area contributed by atoms with Crippen molar-refractivity contribution < 1.29 is 19.4 Å². The number of rotatable bonds is 3. The minimum absolute atomic E-state index is 0.0197. The SMILES string of the molecule is COc1cc(/C=N\N2CC(=O)N3Cc4[nH]c5ccccc5c4C[C@@H]3C2=O)ccc1O. The normalized spacial score (nSPS) is 18.8. The van der Waals surface area contributed by atoms with Gasteiger partial charge in [-0.05, 0) is 35.4 Å². The van der Waals surface area contributed by atoms with E-state index in [1.54, 1.807) is 17.0 Å². The molecule has 1 atom stereocenters. The Morgan fingerprint density at radius 3 is 2.87 bits per heavy atom. The summed E-state index contributed by atoms with van der Waals surface area (Å²) in [5.41, 5.74) is 3.73. The summed E-state index contributed by atoms with van der Waals surface area (Å²) in [5, 5.41) is 16.3. The average Bonchev–Trinajstić information content (AvgIpc) is 3.13. The molecule has 8 nitrogen and oxygen atoms in total. The Labute approximate surface area is 172 Å². The van der Waals surface area contributed by atoms with Crippen molar-refractivity contribution in [3.05, 3.63) is 59.3 Å². The standard InChI is InChI=1S/C22H20N4O4/c1-30-20-8-13(6-7-19(20)27)10-23-26-12-21(28)25-11-17-15(9-18(25)22(26)29)14-4-2-3-5-16(14)24-17/h2-8,10,18,24,27H,9,11-12H2,1H3/b23-10-/t18-/m1/s1. The molecule has 2 amide bonds. The Balaban J connectivity index is 1.42. The van der Waals surface area contributed by atoms with Gasteiger partial charge in [-0.3, -0.25) is 9.59 Å². The van der Waals surface area contributed by atoms with Gasteiger partial charge in [-0.15, -0.1) is 0 Å². The number of aromatic amines is 1. The summed E-state index contributed by atoms with van der Waals surface area (Å²) < 4.78 is 5.09. The molecule has 0 spiro atoms. The first-order valence-corrected chi connectivity index (χ1v) is 9.65. The third-order valence-electron chi connectivity index (χ3n) is 5.70. The molecule has 0 radical (unpaired) electrons. The Bertz CT molecular complexity index is 1200. The van der Waals surface area contributed by atoms with Crippen LogP contribution < -0.4 is 4.74 Å². The summed E-state index contributed by atoms with van der Waals surface area (Å²) in [5.74, 6) is -0.00607. The molecular weight excluding hydrogens is 384 g/mol. The van der Waals surface area contributed by atoms with Crippen molar-refractivity contribution >= 4 is 28.9 Å². The van der Waals surface area contributed by atoms with E-state index in [9.17, 15) is 14.7 Å². The van der Waals surface area contributed by atoms with Crippen LogP contribution >= 0.6 is 0 Å². The number of aromatic nitrogens is 1. The van der Waals surface area contributed by atoms with Crippen LogP contribution in [0.5, 0.6) is 11.5 Å². The molecule has 8 heteroatoms. The number of nitrogens with zero attached hydrogens (tertiary/aromatic N) is 3. The number of hydrogen-bond acceptors (Lipinski definition) is 5. The van der Waals surface area contributed by atoms with Crippen LogP contribution in [0, 0.1) is 0 Å². The van der Waals surface area contributed by atoms with E-state index in [0.29, 0.717) is 24.3 Å². The Morgan fingerprint density at radius 1 is 1.20 bits per heavy atom. The van der Waals surface area contributed by atoms with Crippen molar-refractivity contribution in [2.45, 2.75) is 19.0 Å². The van der Waals surface area contributed by atoms with Crippen LogP contribution in [0.2, 0.25) is 0 Å². The van der Waals surface area contributed by atoms with Gasteiger partial charge in [0, 0.05) is 23.0 Å². The molecule has 1 aromatic heterocycles. The average molecular weight is 404 g/mol. The number of piperazine rings is 1. The summed E-state index contributed by atoms with van der Waals surface area (Å²) >= 11 is 0. The lowest BCUT2D eigenvalue weighted by atomic mass is 9.94. The van der Waals surface area contributed by atoms with E-state index in [-0.39, 0.29) is 24.1 Å². The van der Waals surface area contributed by atoms with Crippen LogP contribution in [0.25, 0.3) is 10.9 Å². The second-order valence-electron chi connectivity index (χ2n) is 7.44. The molecule has 5 rings (SSSR count). The van der Waals surface area contributed by atoms with Crippen molar-refractivity contribution in [2.75, 3.05) is 13.7 Å². The third-order valence-corrected chi connectivity index (χ3v) is 5.70. The summed E-state index contributed by atoms with van der Waals surface area (Å²) in [6, 6.07) is 12.2. The van der Waals surface area contributed by atoms with Gasteiger partial charge in [0.2, 0.25) is 5.91 Å². The first-order chi connectivity index (χ1) is 14.5. The number of H-pyrrole nitrogens is 1. The minimum atomic E-state index is -0.565. The largest absolute Gasteiger partial charge is 0.504 e. The van der Waals surface area contributed by atoms with Crippen molar-refractivity contribution in [1.82, 2.24) is 14.9 Å². The van der Waals surface area contributed by atoms with Crippen LogP contribution in [0.4, 0.5) is 0 Å². The monoisotopic (exact) mass is 404 g/mol. The summed E-state index contributed by atoms with van der Waals surface area (Å²) in [6.07, 6.45) is 1.95. The Morgan fingerprint density at radius 2 is 2.03 bits per heavy atom. The van der Waals surface area contributed by atoms with Gasteiger partial charge in [-0.2, -0.15) is 5.10 Å². The number of carbonyl (C=O) groups excluding carboxylic acids is 2. The molecule has 1 saturated heterocycles. The first kappa shape index (κ1) is 18.2. The Kier molecular flexibility index (Phi) is 4.20. The van der Waals surface area contributed by atoms with Crippen LogP contribution in [-0.4, -0.2) is 57.7 Å². The molecule has 152 valence electrons. The highest BCUT2D eigenvalue weighted by Crippen LogP contribution is 2.32. The zero-order valence-corrected chi connectivity index (χ0v) is 16.3. The molecule has 2 aliphatic rings. The van der Waals surface area contributed by atoms with Gasteiger partial charge in [0.1, 0.15) is 12.6 Å². The van der Waals surface area contributed by atoms with E-state index in [0.717, 1.165) is 22.2 Å². The van der Waals surface area contributed by atoms with E-state index >= 15 is 0 Å². The molecule has 2 N–H and O–H groups in total. The number of aromatic hydroxyl groups is 1. The molecule has 0 unspecified atom stereocenters. The van der Waals surface area contributed by atoms with Crippen LogP contribution in [0.3, 0.4) is 0 Å². The van der Waals surface area contributed by atoms with Gasteiger partial charge >= 0.3 is 0 Å². The number of para-hydroxylation sites is 1. The number of carbonyl (C=O) groups is 2. The molecule has 0 bridgehead atoms. The predicted molar refractivity (Wildman–Crippen MR) is 110 cm³/mol. The molecule has 3 aromatic rings. The number of methoxy groups -OCH3 is 1. The number of ether oxygens (including phenoxy) is 1. The molecule has 0 aliphatic carbocycles. The van der Waals surface area contributed by atoms with Crippen molar-refractivity contribution in [2.24, 2.45) is 5.10 Å². The maximum absolute atomic E-state index is 13.1. The maximum Gasteiger partial charge on any atom is 0.266 e. The lowest BCUT2D eigenvalue weighted by Crippen LogP contribution is -2.60. The number of phenols is 1. The van der Waals surface area contributed by atoms with Crippen molar-refractivity contribution in [1.29, 1.82) is 0 Å². The van der Waals surface area contributed by atoms with E-state index < -0.39 is 6.04 Å². The van der Waals surface area contributed by atoms with Crippen LogP contribution in [-0.2, 0) is 22.6 Å². The van der Waals surface area contributed by atoms with Gasteiger partial charge < -0.3 is 19.7 Å². The Hall–Kier alpha value is -3.81. The summed E-state index contributed by atoms with van der Waals surface area (Å²) in [6.45, 7) is 0.294. The number of benzene rings is 2. The van der Waals surface area contributed by atoms with E-state index in [1.807, 2.05) is 24.3 Å². The van der Waals surface area contributed by atoms with E-state index in [1.165, 1.54) is 24.4 Å². The fourth-order valence-corrected chi connectivity index (χ4v) is 4.17. The number of hydrazone groups is 1. The predicted octanol–water partition coefficient (Wildman–Crippen LogP) is 2.01. The topological polar surface area (TPSA) is 98.2 Å². The summed E-state index contributed by atoms with van der Waals surface area (Å²) in [4.78, 5) is 30.9. The maximum atomic E-state index is 13.1. The lowest BCUT2D eigenvalue weighted by molar-refractivity contribution is -0.157. The molecular formula is C22H20N4O4.